The highest BCUT2D eigenvalue weighted by atomic mass is 32.2. The summed E-state index contributed by atoms with van der Waals surface area (Å²) < 4.78 is 125. The minimum Gasteiger partial charge on any atom is -0.347 e. The Kier molecular flexibility index (Phi) is 10.8. The lowest BCUT2D eigenvalue weighted by Gasteiger charge is -2.39. The Labute approximate surface area is 331 Å². The standard InChI is InChI=1S/C40H44F6N6O5S/c1-49-32-15-20-58(54,55)23-29(32)36(48-49)38(52-18-13-25(14-19-52)27-8-4-6-10-31(27)40(44,45)46)57-34-21-33-28(22-56-34)35(47-50(33)2)37(53)51-16-11-24(12-17-51)26-7-3-5-9-30(26)39(41,42)43/h3-10,24-25,34,38H,11-23H2,1-2H3. The number of sulfone groups is 1. The summed E-state index contributed by atoms with van der Waals surface area (Å²) in [5, 5.41) is 9.32. The number of hydrogen-bond donors (Lipinski definition) is 0. The summed E-state index contributed by atoms with van der Waals surface area (Å²) in [5.41, 5.74) is 2.41. The summed E-state index contributed by atoms with van der Waals surface area (Å²) in [6.45, 7) is 1.19. The number of fused-ring (bicyclic) bond motifs is 2. The van der Waals surface area contributed by atoms with Gasteiger partial charge in [-0.05, 0) is 60.8 Å². The number of benzene rings is 2. The molecule has 312 valence electrons. The number of carbonyl (C=O) groups excluding carboxylic acids is 1. The van der Waals surface area contributed by atoms with Crippen molar-refractivity contribution in [2.75, 3.05) is 31.9 Å². The van der Waals surface area contributed by atoms with Gasteiger partial charge in [-0.1, -0.05) is 36.4 Å². The molecule has 0 spiro atoms. The Morgan fingerprint density at radius 3 is 1.93 bits per heavy atom. The third kappa shape index (κ3) is 7.91. The van der Waals surface area contributed by atoms with Gasteiger partial charge in [0, 0.05) is 75.6 Å². The number of ether oxygens (including phenoxy) is 2. The van der Waals surface area contributed by atoms with Gasteiger partial charge < -0.3 is 14.4 Å². The second-order valence-corrected chi connectivity index (χ2v) is 17.8. The van der Waals surface area contributed by atoms with E-state index < -0.39 is 45.8 Å². The minimum atomic E-state index is -4.49. The van der Waals surface area contributed by atoms with Gasteiger partial charge >= 0.3 is 12.4 Å². The fraction of sp³-hybridized carbons (Fsp3) is 0.525. The van der Waals surface area contributed by atoms with Crippen molar-refractivity contribution in [3.05, 3.63) is 105 Å². The van der Waals surface area contributed by atoms with Crippen molar-refractivity contribution in [1.29, 1.82) is 0 Å². The van der Waals surface area contributed by atoms with Crippen LogP contribution in [0.15, 0.2) is 48.5 Å². The van der Waals surface area contributed by atoms with Crippen LogP contribution in [0.25, 0.3) is 0 Å². The average Bonchev–Trinajstić information content (AvgIpc) is 3.70. The monoisotopic (exact) mass is 834 g/mol. The Morgan fingerprint density at radius 1 is 0.793 bits per heavy atom. The smallest absolute Gasteiger partial charge is 0.347 e. The molecule has 4 aromatic rings. The van der Waals surface area contributed by atoms with Gasteiger partial charge in [0.2, 0.25) is 0 Å². The largest absolute Gasteiger partial charge is 0.416 e. The first-order valence-corrected chi connectivity index (χ1v) is 21.2. The lowest BCUT2D eigenvalue weighted by Crippen LogP contribution is -2.41. The van der Waals surface area contributed by atoms with Gasteiger partial charge in [-0.25, -0.2) is 8.42 Å². The van der Waals surface area contributed by atoms with E-state index in [2.05, 4.69) is 5.10 Å². The molecule has 0 aliphatic carbocycles. The van der Waals surface area contributed by atoms with Crippen molar-refractivity contribution in [3.8, 4) is 0 Å². The summed E-state index contributed by atoms with van der Waals surface area (Å²) in [7, 11) is 0.0471. The number of piperidine rings is 2. The molecule has 11 nitrogen and oxygen atoms in total. The van der Waals surface area contributed by atoms with Gasteiger partial charge in [0.05, 0.1) is 29.2 Å². The molecule has 8 rings (SSSR count). The highest BCUT2D eigenvalue weighted by Gasteiger charge is 2.42. The number of rotatable bonds is 7. The molecule has 58 heavy (non-hydrogen) atoms. The molecule has 1 amide bonds. The van der Waals surface area contributed by atoms with E-state index in [0.29, 0.717) is 61.3 Å². The number of amides is 1. The zero-order chi connectivity index (χ0) is 41.1. The number of aryl methyl sites for hydroxylation is 2. The van der Waals surface area contributed by atoms with Crippen molar-refractivity contribution in [2.45, 2.75) is 87.6 Å². The zero-order valence-electron chi connectivity index (χ0n) is 32.0. The van der Waals surface area contributed by atoms with E-state index in [-0.39, 0.29) is 78.6 Å². The summed E-state index contributed by atoms with van der Waals surface area (Å²) in [6.07, 6.45) is -8.72. The maximum atomic E-state index is 13.9. The molecule has 6 heterocycles. The fourth-order valence-electron chi connectivity index (χ4n) is 9.18. The number of alkyl halides is 6. The van der Waals surface area contributed by atoms with Crippen LogP contribution in [-0.4, -0.2) is 81.9 Å². The lowest BCUT2D eigenvalue weighted by atomic mass is 9.86. The third-order valence-corrected chi connectivity index (χ3v) is 13.7. The SMILES string of the molecule is Cn1nc(C(=O)N2CCC(c3ccccc3C(F)(F)F)CC2)c2c1CC(OC(c1nn(C)c3c1CS(=O)(=O)CC3)N1CCC(c3ccccc3C(F)(F)F)CC1)OC2. The summed E-state index contributed by atoms with van der Waals surface area (Å²) in [4.78, 5) is 17.4. The number of hydrogen-bond acceptors (Lipinski definition) is 8. The van der Waals surface area contributed by atoms with Gasteiger partial charge in [0.1, 0.15) is 5.69 Å². The number of carbonyl (C=O) groups is 1. The number of halogens is 6. The van der Waals surface area contributed by atoms with E-state index in [1.54, 1.807) is 40.5 Å². The van der Waals surface area contributed by atoms with Crippen LogP contribution in [0.5, 0.6) is 0 Å². The molecule has 4 aliphatic rings. The quantitative estimate of drug-likeness (QED) is 0.190. The molecule has 2 unspecified atom stereocenters. The van der Waals surface area contributed by atoms with E-state index in [0.717, 1.165) is 17.8 Å². The molecule has 2 aromatic heterocycles. The van der Waals surface area contributed by atoms with Gasteiger partial charge in [-0.15, -0.1) is 0 Å². The first-order chi connectivity index (χ1) is 27.5. The second-order valence-electron chi connectivity index (χ2n) is 15.7. The number of nitrogens with zero attached hydrogens (tertiary/aromatic N) is 6. The molecule has 0 saturated carbocycles. The van der Waals surface area contributed by atoms with Gasteiger partial charge in [-0.2, -0.15) is 36.5 Å². The van der Waals surface area contributed by atoms with Crippen LogP contribution < -0.4 is 0 Å². The molecule has 2 aromatic carbocycles. The van der Waals surface area contributed by atoms with E-state index in [1.807, 2.05) is 4.90 Å². The van der Waals surface area contributed by atoms with E-state index in [9.17, 15) is 39.6 Å². The molecule has 2 fully saturated rings. The number of aromatic nitrogens is 4. The van der Waals surface area contributed by atoms with Crippen molar-refractivity contribution in [1.82, 2.24) is 29.4 Å². The van der Waals surface area contributed by atoms with Crippen LogP contribution in [0.2, 0.25) is 0 Å². The fourth-order valence-corrected chi connectivity index (χ4v) is 10.6. The van der Waals surface area contributed by atoms with E-state index in [4.69, 9.17) is 14.6 Å². The number of likely N-dealkylation sites (tertiary alicyclic amines) is 2. The van der Waals surface area contributed by atoms with Gasteiger partial charge in [0.15, 0.2) is 28.0 Å². The van der Waals surface area contributed by atoms with Crippen LogP contribution >= 0.6 is 0 Å². The highest BCUT2D eigenvalue weighted by Crippen LogP contribution is 2.42. The van der Waals surface area contributed by atoms with Crippen LogP contribution in [0.3, 0.4) is 0 Å². The Morgan fingerprint density at radius 2 is 1.34 bits per heavy atom. The maximum Gasteiger partial charge on any atom is 0.416 e. The van der Waals surface area contributed by atoms with Crippen molar-refractivity contribution < 1.29 is 49.0 Å². The molecular weight excluding hydrogens is 791 g/mol. The van der Waals surface area contributed by atoms with Crippen molar-refractivity contribution >= 4 is 15.7 Å². The highest BCUT2D eigenvalue weighted by molar-refractivity contribution is 7.90. The average molecular weight is 835 g/mol. The Bertz CT molecular complexity index is 2290. The van der Waals surface area contributed by atoms with E-state index in [1.165, 1.54) is 24.3 Å². The van der Waals surface area contributed by atoms with Crippen LogP contribution in [0.4, 0.5) is 26.3 Å². The Balaban J connectivity index is 1.00. The summed E-state index contributed by atoms with van der Waals surface area (Å²) in [6, 6.07) is 11.2. The van der Waals surface area contributed by atoms with Crippen LogP contribution in [-0.2, 0) is 71.0 Å². The van der Waals surface area contributed by atoms with Gasteiger partial charge in [0.25, 0.3) is 5.91 Å². The molecule has 4 aliphatic heterocycles. The summed E-state index contributed by atoms with van der Waals surface area (Å²) in [5.74, 6) is -1.26. The molecule has 0 radical (unpaired) electrons. The summed E-state index contributed by atoms with van der Waals surface area (Å²) >= 11 is 0. The predicted molar refractivity (Wildman–Crippen MR) is 198 cm³/mol. The predicted octanol–water partition coefficient (Wildman–Crippen LogP) is 6.68. The third-order valence-electron chi connectivity index (χ3n) is 12.1. The Hall–Kier alpha value is -4.26. The van der Waals surface area contributed by atoms with Crippen molar-refractivity contribution in [2.24, 2.45) is 14.1 Å². The van der Waals surface area contributed by atoms with Crippen LogP contribution in [0.1, 0.15) is 105 Å². The second kappa shape index (κ2) is 15.4. The lowest BCUT2D eigenvalue weighted by molar-refractivity contribution is -0.223. The molecular formula is C40H44F6N6O5S. The minimum absolute atomic E-state index is 0.00537. The van der Waals surface area contributed by atoms with E-state index >= 15 is 0 Å². The first-order valence-electron chi connectivity index (χ1n) is 19.4. The first kappa shape index (κ1) is 40.5. The topological polar surface area (TPSA) is 112 Å². The molecule has 2 atom stereocenters. The zero-order valence-corrected chi connectivity index (χ0v) is 32.8. The molecule has 0 bridgehead atoms. The van der Waals surface area contributed by atoms with Gasteiger partial charge in [-0.3, -0.25) is 19.1 Å². The molecule has 2 saturated heterocycles. The van der Waals surface area contributed by atoms with Crippen LogP contribution in [0, 0.1) is 0 Å². The maximum absolute atomic E-state index is 13.9. The molecule has 18 heteroatoms. The molecule has 0 N–H and O–H groups in total. The van der Waals surface area contributed by atoms with Crippen molar-refractivity contribution in [3.63, 3.8) is 0 Å². The normalized spacial score (nSPS) is 21.4.